The Bertz CT molecular complexity index is 3500. The van der Waals surface area contributed by atoms with Crippen LogP contribution in [0.1, 0.15) is 0 Å². The Morgan fingerprint density at radius 1 is 0.386 bits per heavy atom. The Labute approximate surface area is 326 Å². The van der Waals surface area contributed by atoms with Gasteiger partial charge in [0.25, 0.3) is 0 Å². The topological polar surface area (TPSA) is 57.0 Å². The standard InChI is InChI=1S/C52H31N3O2/c1-3-11-32(12-4-1)33-21-23-34(24-22-33)35-26-28-45-42(29-35)51-52(57-45)50(53-31-54-51)40-17-10-20-47-49(40)48-38(16-9-19-46(48)56-47)36-25-27-44-41(30-36)39-15-7-8-18-43(39)55(44)37-13-5-2-6-14-37/h1-31H. The third kappa shape index (κ3) is 4.89. The van der Waals surface area contributed by atoms with E-state index in [2.05, 4.69) is 156 Å². The molecule has 0 radical (unpaired) electrons. The molecule has 0 amide bonds. The molecule has 266 valence electrons. The van der Waals surface area contributed by atoms with Crippen molar-refractivity contribution < 1.29 is 8.83 Å². The van der Waals surface area contributed by atoms with Crippen LogP contribution in [0.3, 0.4) is 0 Å². The summed E-state index contributed by atoms with van der Waals surface area (Å²) in [6.07, 6.45) is 1.65. The van der Waals surface area contributed by atoms with Crippen LogP contribution in [-0.4, -0.2) is 14.5 Å². The molecule has 0 saturated heterocycles. The third-order valence-electron chi connectivity index (χ3n) is 11.4. The highest BCUT2D eigenvalue weighted by atomic mass is 16.3. The van der Waals surface area contributed by atoms with Crippen molar-refractivity contribution in [2.45, 2.75) is 0 Å². The summed E-state index contributed by atoms with van der Waals surface area (Å²) in [4.78, 5) is 9.67. The molecule has 0 unspecified atom stereocenters. The van der Waals surface area contributed by atoms with Crippen LogP contribution in [-0.2, 0) is 0 Å². The largest absolute Gasteiger partial charge is 0.456 e. The lowest BCUT2D eigenvalue weighted by molar-refractivity contribution is 0.667. The highest BCUT2D eigenvalue weighted by molar-refractivity contribution is 6.20. The maximum Gasteiger partial charge on any atom is 0.180 e. The molecule has 0 fully saturated rings. The molecule has 0 N–H and O–H groups in total. The van der Waals surface area contributed by atoms with E-state index >= 15 is 0 Å². The maximum absolute atomic E-state index is 6.63. The van der Waals surface area contributed by atoms with E-state index in [4.69, 9.17) is 18.8 Å². The van der Waals surface area contributed by atoms with Gasteiger partial charge in [0.05, 0.1) is 11.0 Å². The van der Waals surface area contributed by atoms with Crippen molar-refractivity contribution >= 4 is 65.8 Å². The number of hydrogen-bond donors (Lipinski definition) is 0. The fraction of sp³-hybridized carbons (Fsp3) is 0. The normalized spacial score (nSPS) is 11.9. The molecule has 5 nitrogen and oxygen atoms in total. The van der Waals surface area contributed by atoms with E-state index in [1.165, 1.54) is 27.4 Å². The molecular formula is C52H31N3O2. The van der Waals surface area contributed by atoms with Gasteiger partial charge in [-0.05, 0) is 88.0 Å². The second kappa shape index (κ2) is 12.4. The van der Waals surface area contributed by atoms with Crippen LogP contribution in [0.5, 0.6) is 0 Å². The minimum Gasteiger partial charge on any atom is -0.456 e. The van der Waals surface area contributed by atoms with Crippen molar-refractivity contribution in [3.05, 3.63) is 188 Å². The van der Waals surface area contributed by atoms with E-state index < -0.39 is 0 Å². The van der Waals surface area contributed by atoms with Crippen LogP contribution in [0, 0.1) is 0 Å². The zero-order chi connectivity index (χ0) is 37.5. The molecule has 4 heterocycles. The predicted molar refractivity (Wildman–Crippen MR) is 233 cm³/mol. The third-order valence-corrected chi connectivity index (χ3v) is 11.4. The molecule has 12 rings (SSSR count). The van der Waals surface area contributed by atoms with Crippen molar-refractivity contribution in [2.24, 2.45) is 0 Å². The fourth-order valence-corrected chi connectivity index (χ4v) is 8.73. The van der Waals surface area contributed by atoms with Crippen molar-refractivity contribution in [3.63, 3.8) is 0 Å². The number of para-hydroxylation sites is 2. The maximum atomic E-state index is 6.63. The zero-order valence-corrected chi connectivity index (χ0v) is 30.6. The number of rotatable bonds is 5. The van der Waals surface area contributed by atoms with Crippen LogP contribution >= 0.6 is 0 Å². The number of nitrogens with zero attached hydrogens (tertiary/aromatic N) is 3. The highest BCUT2D eigenvalue weighted by Crippen LogP contribution is 2.45. The zero-order valence-electron chi connectivity index (χ0n) is 30.6. The molecule has 57 heavy (non-hydrogen) atoms. The number of hydrogen-bond acceptors (Lipinski definition) is 4. The summed E-state index contributed by atoms with van der Waals surface area (Å²) in [5, 5.41) is 5.39. The Balaban J connectivity index is 1.02. The second-order valence-electron chi connectivity index (χ2n) is 14.5. The minimum absolute atomic E-state index is 0.651. The molecule has 0 aliphatic rings. The quantitative estimate of drug-likeness (QED) is 0.177. The second-order valence-corrected chi connectivity index (χ2v) is 14.5. The summed E-state index contributed by atoms with van der Waals surface area (Å²) < 4.78 is 15.6. The Morgan fingerprint density at radius 3 is 1.81 bits per heavy atom. The van der Waals surface area contributed by atoms with Gasteiger partial charge >= 0.3 is 0 Å². The molecule has 0 saturated carbocycles. The molecule has 8 aromatic carbocycles. The Morgan fingerprint density at radius 2 is 1.00 bits per heavy atom. The highest BCUT2D eigenvalue weighted by Gasteiger charge is 2.22. The van der Waals surface area contributed by atoms with Crippen LogP contribution in [0.25, 0.3) is 116 Å². The Hall–Kier alpha value is -7.76. The average Bonchev–Trinajstić information content (AvgIpc) is 3.96. The lowest BCUT2D eigenvalue weighted by atomic mass is 9.95. The molecule has 0 atom stereocenters. The van der Waals surface area contributed by atoms with E-state index in [0.717, 1.165) is 83.1 Å². The van der Waals surface area contributed by atoms with Gasteiger partial charge < -0.3 is 13.4 Å². The SMILES string of the molecule is c1ccc(-c2ccc(-c3ccc4oc5c(-c6cccc7oc8cccc(-c9ccc%10c(c9)c9ccccc9n%10-c9ccccc9)c8c67)ncnc5c4c3)cc2)cc1. The molecule has 12 aromatic rings. The molecule has 0 spiro atoms. The number of fused-ring (bicyclic) bond motifs is 9. The summed E-state index contributed by atoms with van der Waals surface area (Å²) in [6.45, 7) is 0. The fourth-order valence-electron chi connectivity index (χ4n) is 8.73. The lowest BCUT2D eigenvalue weighted by Gasteiger charge is -2.09. The Kier molecular flexibility index (Phi) is 6.86. The summed E-state index contributed by atoms with van der Waals surface area (Å²) in [5.41, 5.74) is 15.8. The van der Waals surface area contributed by atoms with Gasteiger partial charge in [0.15, 0.2) is 5.58 Å². The van der Waals surface area contributed by atoms with E-state index in [9.17, 15) is 0 Å². The molecule has 5 heteroatoms. The van der Waals surface area contributed by atoms with Gasteiger partial charge in [-0.25, -0.2) is 9.97 Å². The summed E-state index contributed by atoms with van der Waals surface area (Å²) in [7, 11) is 0. The smallest absolute Gasteiger partial charge is 0.180 e. The molecule has 0 aliphatic carbocycles. The first kappa shape index (κ1) is 31.6. The van der Waals surface area contributed by atoms with Gasteiger partial charge in [-0.3, -0.25) is 0 Å². The van der Waals surface area contributed by atoms with E-state index in [-0.39, 0.29) is 0 Å². The first-order chi connectivity index (χ1) is 28.3. The van der Waals surface area contributed by atoms with Gasteiger partial charge in [0, 0.05) is 38.2 Å². The van der Waals surface area contributed by atoms with Crippen LogP contribution in [0.4, 0.5) is 0 Å². The molecule has 4 aromatic heterocycles. The van der Waals surface area contributed by atoms with Crippen molar-refractivity contribution in [1.82, 2.24) is 14.5 Å². The van der Waals surface area contributed by atoms with Gasteiger partial charge in [-0.2, -0.15) is 0 Å². The average molecular weight is 730 g/mol. The summed E-state index contributed by atoms with van der Waals surface area (Å²) >= 11 is 0. The van der Waals surface area contributed by atoms with E-state index in [0.29, 0.717) is 5.58 Å². The summed E-state index contributed by atoms with van der Waals surface area (Å²) in [5.74, 6) is 0. The molecule has 0 aliphatic heterocycles. The van der Waals surface area contributed by atoms with Crippen molar-refractivity contribution in [2.75, 3.05) is 0 Å². The monoisotopic (exact) mass is 729 g/mol. The number of aromatic nitrogens is 3. The van der Waals surface area contributed by atoms with E-state index in [1.54, 1.807) is 6.33 Å². The number of benzene rings is 8. The van der Waals surface area contributed by atoms with Gasteiger partial charge in [0.2, 0.25) is 0 Å². The van der Waals surface area contributed by atoms with Crippen LogP contribution in [0.2, 0.25) is 0 Å². The lowest BCUT2D eigenvalue weighted by Crippen LogP contribution is -1.92. The molecule has 0 bridgehead atoms. The number of furan rings is 2. The first-order valence-electron chi connectivity index (χ1n) is 19.1. The van der Waals surface area contributed by atoms with Crippen molar-refractivity contribution in [1.29, 1.82) is 0 Å². The van der Waals surface area contributed by atoms with Crippen LogP contribution in [0.15, 0.2) is 197 Å². The first-order valence-corrected chi connectivity index (χ1v) is 19.1. The van der Waals surface area contributed by atoms with Gasteiger partial charge in [0.1, 0.15) is 34.3 Å². The van der Waals surface area contributed by atoms with Crippen LogP contribution < -0.4 is 0 Å². The van der Waals surface area contributed by atoms with E-state index in [1.807, 2.05) is 30.3 Å². The van der Waals surface area contributed by atoms with Crippen molar-refractivity contribution in [3.8, 4) is 50.3 Å². The van der Waals surface area contributed by atoms with Gasteiger partial charge in [-0.1, -0.05) is 127 Å². The summed E-state index contributed by atoms with van der Waals surface area (Å²) in [6, 6.07) is 63.9. The predicted octanol–water partition coefficient (Wildman–Crippen LogP) is 14.0. The minimum atomic E-state index is 0.651. The molecular weight excluding hydrogens is 699 g/mol. The van der Waals surface area contributed by atoms with Gasteiger partial charge in [-0.15, -0.1) is 0 Å².